The van der Waals surface area contributed by atoms with E-state index in [2.05, 4.69) is 20.9 Å². The topological polar surface area (TPSA) is 102 Å². The molecule has 132 valence electrons. The fourth-order valence-electron chi connectivity index (χ4n) is 3.08. The highest BCUT2D eigenvalue weighted by molar-refractivity contribution is 9.10. The molecule has 0 aromatic carbocycles. The fraction of sp³-hybridized carbons (Fsp3) is 0.429. The highest BCUT2D eigenvalue weighted by atomic mass is 79.9. The molecule has 0 spiro atoms. The van der Waals surface area contributed by atoms with Crippen molar-refractivity contribution in [1.82, 2.24) is 14.5 Å². The van der Waals surface area contributed by atoms with Crippen LogP contribution in [0.3, 0.4) is 0 Å². The third-order valence-electron chi connectivity index (χ3n) is 4.18. The van der Waals surface area contributed by atoms with Crippen molar-refractivity contribution in [3.05, 3.63) is 23.0 Å². The molecular weight excluding hydrogens is 434 g/mol. The van der Waals surface area contributed by atoms with E-state index in [-0.39, 0.29) is 5.70 Å². The molecule has 11 heteroatoms. The Morgan fingerprint density at radius 2 is 2.32 bits per heavy atom. The number of carboxylic acids is 1. The Morgan fingerprint density at radius 1 is 1.56 bits per heavy atom. The predicted octanol–water partition coefficient (Wildman–Crippen LogP) is 1.57. The summed E-state index contributed by atoms with van der Waals surface area (Å²) in [6.07, 6.45) is 0.846. The van der Waals surface area contributed by atoms with Crippen LogP contribution in [-0.2, 0) is 25.7 Å². The number of amides is 1. The monoisotopic (exact) mass is 445 g/mol. The number of aryl methyl sites for hydroxylation is 1. The molecule has 1 aromatic heterocycles. The van der Waals surface area contributed by atoms with E-state index in [1.165, 1.54) is 29.0 Å². The molecule has 1 N–H and O–H groups in total. The second-order valence-corrected chi connectivity index (χ2v) is 9.05. The van der Waals surface area contributed by atoms with Gasteiger partial charge in [-0.25, -0.2) is 9.78 Å². The van der Waals surface area contributed by atoms with Gasteiger partial charge in [0.05, 0.1) is 0 Å². The number of rotatable bonds is 4. The molecule has 8 nitrogen and oxygen atoms in total. The van der Waals surface area contributed by atoms with Gasteiger partial charge in [0.1, 0.15) is 16.8 Å². The maximum atomic E-state index is 12.8. The fourth-order valence-corrected chi connectivity index (χ4v) is 6.30. The van der Waals surface area contributed by atoms with Gasteiger partial charge in [0.25, 0.3) is 5.91 Å². The number of ether oxygens (including phenoxy) is 1. The van der Waals surface area contributed by atoms with E-state index in [4.69, 9.17) is 4.74 Å². The van der Waals surface area contributed by atoms with Crippen LogP contribution < -0.4 is 0 Å². The number of carbonyl (C=O) groups is 3. The van der Waals surface area contributed by atoms with E-state index in [0.29, 0.717) is 5.69 Å². The van der Waals surface area contributed by atoms with Crippen LogP contribution in [0.1, 0.15) is 18.7 Å². The van der Waals surface area contributed by atoms with E-state index in [1.54, 1.807) is 18.0 Å². The lowest BCUT2D eigenvalue weighted by molar-refractivity contribution is -0.162. The maximum absolute atomic E-state index is 12.8. The molecule has 3 aliphatic heterocycles. The van der Waals surface area contributed by atoms with Gasteiger partial charge in [0, 0.05) is 30.8 Å². The number of alkyl halides is 1. The molecule has 4 heterocycles. The smallest absolute Gasteiger partial charge is 0.353 e. The number of esters is 1. The Kier molecular flexibility index (Phi) is 3.92. The number of imidazole rings is 1. The van der Waals surface area contributed by atoms with Crippen LogP contribution in [0, 0.1) is 0 Å². The quantitative estimate of drug-likeness (QED) is 0.423. The Morgan fingerprint density at radius 3 is 2.96 bits per heavy atom. The number of aliphatic carboxylic acids is 1. The number of β-lactam (4-membered cyclic amide) rings is 1. The molecule has 1 saturated heterocycles. The Bertz CT molecular complexity index is 819. The van der Waals surface area contributed by atoms with Gasteiger partial charge in [0.15, 0.2) is 15.6 Å². The summed E-state index contributed by atoms with van der Waals surface area (Å²) < 4.78 is 6.15. The van der Waals surface area contributed by atoms with Crippen molar-refractivity contribution in [1.29, 1.82) is 0 Å². The summed E-state index contributed by atoms with van der Waals surface area (Å²) in [5, 5.41) is 10.9. The molecule has 1 fully saturated rings. The predicted molar refractivity (Wildman–Crippen MR) is 93.1 cm³/mol. The highest BCUT2D eigenvalue weighted by Crippen LogP contribution is 2.58. The molecule has 1 amide bonds. The maximum Gasteiger partial charge on any atom is 0.353 e. The van der Waals surface area contributed by atoms with Gasteiger partial charge >= 0.3 is 11.9 Å². The molecule has 25 heavy (non-hydrogen) atoms. The summed E-state index contributed by atoms with van der Waals surface area (Å²) >= 11 is 6.25. The third kappa shape index (κ3) is 2.36. The second kappa shape index (κ2) is 5.78. The van der Waals surface area contributed by atoms with Crippen LogP contribution >= 0.6 is 39.5 Å². The van der Waals surface area contributed by atoms with Crippen LogP contribution in [0.5, 0.6) is 0 Å². The van der Waals surface area contributed by atoms with Crippen molar-refractivity contribution < 1.29 is 24.2 Å². The normalized spacial score (nSPS) is 28.1. The van der Waals surface area contributed by atoms with E-state index < -0.39 is 33.6 Å². The zero-order chi connectivity index (χ0) is 17.9. The molecular formula is C14H12BrN3O5S2. The van der Waals surface area contributed by atoms with Gasteiger partial charge < -0.3 is 14.4 Å². The molecule has 1 aromatic rings. The van der Waals surface area contributed by atoms with Crippen molar-refractivity contribution in [2.75, 3.05) is 5.75 Å². The van der Waals surface area contributed by atoms with Gasteiger partial charge in [-0.2, -0.15) is 0 Å². The van der Waals surface area contributed by atoms with Gasteiger partial charge in [-0.15, -0.1) is 11.8 Å². The standard InChI is InChI=1S/C14H12BrN3O5S2/c1-6(19)23-9(7-4-17-2-3-24-13(17)16-7)14(15)11(22)18-8(10(20)21)5-25-12(14)18/h4-5,9,12H,2-3H2,1H3,(H,20,21)/t9?,12-,14?/m1/s1. The minimum absolute atomic E-state index is 0.0699. The lowest BCUT2D eigenvalue weighted by Crippen LogP contribution is -2.70. The van der Waals surface area contributed by atoms with Crippen LogP contribution in [0.25, 0.3) is 0 Å². The SMILES string of the molecule is CC(=O)OC(c1cn2c(n1)SCC2)C1(Br)C(=O)N2C(C(=O)O)=CS[C@@H]21. The van der Waals surface area contributed by atoms with Crippen molar-refractivity contribution in [2.45, 2.75) is 34.4 Å². The van der Waals surface area contributed by atoms with Gasteiger partial charge in [-0.1, -0.05) is 27.7 Å². The molecule has 0 bridgehead atoms. The first-order valence-electron chi connectivity index (χ1n) is 7.32. The minimum atomic E-state index is -1.25. The first-order valence-corrected chi connectivity index (χ1v) is 10.0. The van der Waals surface area contributed by atoms with Crippen molar-refractivity contribution in [3.8, 4) is 0 Å². The van der Waals surface area contributed by atoms with Crippen LogP contribution in [-0.4, -0.2) is 52.9 Å². The summed E-state index contributed by atoms with van der Waals surface area (Å²) in [6.45, 7) is 2.07. The number of nitrogens with zero attached hydrogens (tertiary/aromatic N) is 3. The molecule has 0 saturated carbocycles. The molecule has 0 radical (unpaired) electrons. The number of halogens is 1. The summed E-state index contributed by atoms with van der Waals surface area (Å²) in [5.74, 6) is -1.23. The average molecular weight is 446 g/mol. The number of hydrogen-bond donors (Lipinski definition) is 1. The lowest BCUT2D eigenvalue weighted by atomic mass is 9.89. The number of hydrogen-bond acceptors (Lipinski definition) is 7. The van der Waals surface area contributed by atoms with Gasteiger partial charge in [-0.05, 0) is 0 Å². The minimum Gasteiger partial charge on any atom is -0.477 e. The number of carbonyl (C=O) groups excluding carboxylic acids is 2. The number of carboxylic acid groups (broad SMARTS) is 1. The van der Waals surface area contributed by atoms with Crippen molar-refractivity contribution in [3.63, 3.8) is 0 Å². The number of fused-ring (bicyclic) bond motifs is 2. The summed E-state index contributed by atoms with van der Waals surface area (Å²) in [7, 11) is 0. The number of aromatic nitrogens is 2. The van der Waals surface area contributed by atoms with E-state index in [0.717, 1.165) is 17.5 Å². The third-order valence-corrected chi connectivity index (χ3v) is 7.85. The van der Waals surface area contributed by atoms with Crippen molar-refractivity contribution in [2.24, 2.45) is 0 Å². The van der Waals surface area contributed by atoms with Crippen LogP contribution in [0.4, 0.5) is 0 Å². The Hall–Kier alpha value is -1.46. The molecule has 3 aliphatic rings. The largest absolute Gasteiger partial charge is 0.477 e. The highest BCUT2D eigenvalue weighted by Gasteiger charge is 2.69. The molecule has 3 atom stereocenters. The second-order valence-electron chi connectivity index (χ2n) is 5.72. The molecule has 0 aliphatic carbocycles. The summed E-state index contributed by atoms with van der Waals surface area (Å²) in [6, 6.07) is 0. The number of thioether (sulfide) groups is 2. The van der Waals surface area contributed by atoms with Crippen LogP contribution in [0.15, 0.2) is 22.5 Å². The zero-order valence-corrected chi connectivity index (χ0v) is 16.1. The summed E-state index contributed by atoms with van der Waals surface area (Å²) in [4.78, 5) is 41.4. The van der Waals surface area contributed by atoms with Crippen molar-refractivity contribution >= 4 is 57.3 Å². The Balaban J connectivity index is 1.69. The van der Waals surface area contributed by atoms with Crippen LogP contribution in [0.2, 0.25) is 0 Å². The lowest BCUT2D eigenvalue weighted by Gasteiger charge is -2.51. The zero-order valence-electron chi connectivity index (χ0n) is 12.8. The van der Waals surface area contributed by atoms with Gasteiger partial charge in [-0.3, -0.25) is 14.5 Å². The first-order chi connectivity index (χ1) is 11.8. The average Bonchev–Trinajstić information content (AvgIpc) is 3.23. The first kappa shape index (κ1) is 17.0. The molecule has 4 rings (SSSR count). The molecule has 2 unspecified atom stereocenters. The van der Waals surface area contributed by atoms with Gasteiger partial charge in [0.2, 0.25) is 0 Å². The van der Waals surface area contributed by atoms with E-state index in [1.807, 2.05) is 4.57 Å². The van der Waals surface area contributed by atoms with E-state index >= 15 is 0 Å². The van der Waals surface area contributed by atoms with E-state index in [9.17, 15) is 19.5 Å². The summed E-state index contributed by atoms with van der Waals surface area (Å²) in [5.41, 5.74) is 0.409. The Labute approximate surface area is 159 Å².